The summed E-state index contributed by atoms with van der Waals surface area (Å²) in [6.45, 7) is 2.34. The van der Waals surface area contributed by atoms with Crippen LogP contribution in [-0.2, 0) is 9.53 Å². The van der Waals surface area contributed by atoms with E-state index in [4.69, 9.17) is 4.74 Å². The third-order valence-electron chi connectivity index (χ3n) is 6.49. The highest BCUT2D eigenvalue weighted by Gasteiger charge is 2.42. The lowest BCUT2D eigenvalue weighted by atomic mass is 9.91. The molecule has 5 nitrogen and oxygen atoms in total. The van der Waals surface area contributed by atoms with Crippen LogP contribution in [0.1, 0.15) is 56.1 Å². The highest BCUT2D eigenvalue weighted by Crippen LogP contribution is 2.44. The summed E-state index contributed by atoms with van der Waals surface area (Å²) in [5, 5.41) is 12.3. The van der Waals surface area contributed by atoms with Crippen LogP contribution in [0.3, 0.4) is 0 Å². The van der Waals surface area contributed by atoms with Crippen molar-refractivity contribution in [3.05, 3.63) is 59.7 Å². The van der Waals surface area contributed by atoms with Crippen molar-refractivity contribution in [2.24, 2.45) is 5.92 Å². The largest absolute Gasteiger partial charge is 0.481 e. The van der Waals surface area contributed by atoms with Crippen molar-refractivity contribution in [3.63, 3.8) is 0 Å². The fraction of sp³-hybridized carbons (Fsp3) is 0.417. The van der Waals surface area contributed by atoms with Crippen LogP contribution in [0.25, 0.3) is 11.1 Å². The summed E-state index contributed by atoms with van der Waals surface area (Å²) in [4.78, 5) is 24.0. The van der Waals surface area contributed by atoms with Crippen molar-refractivity contribution in [1.82, 2.24) is 5.32 Å². The van der Waals surface area contributed by atoms with Gasteiger partial charge in [-0.3, -0.25) is 4.79 Å². The van der Waals surface area contributed by atoms with E-state index in [1.807, 2.05) is 24.3 Å². The van der Waals surface area contributed by atoms with Gasteiger partial charge in [0.2, 0.25) is 0 Å². The molecule has 1 saturated carbocycles. The number of fused-ring (bicyclic) bond motifs is 3. The molecular weight excluding hydrogens is 366 g/mol. The number of alkyl carbamates (subject to hydrolysis) is 1. The molecule has 2 atom stereocenters. The molecule has 0 heterocycles. The van der Waals surface area contributed by atoms with Crippen LogP contribution in [0.2, 0.25) is 0 Å². The monoisotopic (exact) mass is 393 g/mol. The smallest absolute Gasteiger partial charge is 0.407 e. The Morgan fingerprint density at radius 1 is 1.10 bits per heavy atom. The van der Waals surface area contributed by atoms with Gasteiger partial charge in [0.05, 0.1) is 12.0 Å². The van der Waals surface area contributed by atoms with Crippen LogP contribution in [0.4, 0.5) is 4.79 Å². The van der Waals surface area contributed by atoms with Gasteiger partial charge in [-0.25, -0.2) is 4.79 Å². The highest BCUT2D eigenvalue weighted by atomic mass is 16.5. The number of carbonyl (C=O) groups is 2. The van der Waals surface area contributed by atoms with E-state index in [0.29, 0.717) is 18.8 Å². The van der Waals surface area contributed by atoms with Gasteiger partial charge in [-0.2, -0.15) is 0 Å². The zero-order chi connectivity index (χ0) is 20.4. The van der Waals surface area contributed by atoms with Crippen molar-refractivity contribution < 1.29 is 19.4 Å². The first-order chi connectivity index (χ1) is 14.0. The lowest BCUT2D eigenvalue weighted by Crippen LogP contribution is -2.48. The molecule has 0 radical (unpaired) electrons. The van der Waals surface area contributed by atoms with Gasteiger partial charge in [-0.15, -0.1) is 0 Å². The van der Waals surface area contributed by atoms with Crippen molar-refractivity contribution >= 4 is 12.1 Å². The Balaban J connectivity index is 1.46. The van der Waals surface area contributed by atoms with Crippen LogP contribution in [-0.4, -0.2) is 29.3 Å². The van der Waals surface area contributed by atoms with Gasteiger partial charge in [-0.05, 0) is 47.4 Å². The third kappa shape index (κ3) is 3.86. The van der Waals surface area contributed by atoms with E-state index in [9.17, 15) is 14.7 Å². The summed E-state index contributed by atoms with van der Waals surface area (Å²) in [6, 6.07) is 16.4. The summed E-state index contributed by atoms with van der Waals surface area (Å²) in [7, 11) is 0. The van der Waals surface area contributed by atoms with E-state index >= 15 is 0 Å². The molecule has 1 amide bonds. The number of amides is 1. The van der Waals surface area contributed by atoms with E-state index in [1.165, 1.54) is 11.1 Å². The Hall–Kier alpha value is -2.82. The van der Waals surface area contributed by atoms with Crippen molar-refractivity contribution in [2.45, 2.75) is 50.5 Å². The standard InChI is InChI=1S/C24H27NO4/c1-2-16-11-12-24(13-16,14-22(26)27)25-23(28)29-15-21-19-9-5-3-7-17(19)18-8-4-6-10-20(18)21/h3-10,16,21H,2,11-15H2,1H3,(H,25,28)(H,26,27). The van der Waals surface area contributed by atoms with E-state index in [2.05, 4.69) is 36.5 Å². The Morgan fingerprint density at radius 2 is 1.72 bits per heavy atom. The average Bonchev–Trinajstić information content (AvgIpc) is 3.25. The van der Waals surface area contributed by atoms with Gasteiger partial charge in [0, 0.05) is 5.92 Å². The molecule has 0 aliphatic heterocycles. The number of carboxylic acid groups (broad SMARTS) is 1. The van der Waals surface area contributed by atoms with Crippen LogP contribution in [0.5, 0.6) is 0 Å². The Labute approximate surface area is 171 Å². The molecule has 1 fully saturated rings. The Morgan fingerprint density at radius 3 is 2.28 bits per heavy atom. The van der Waals surface area contributed by atoms with Gasteiger partial charge in [0.15, 0.2) is 0 Å². The molecule has 0 aromatic heterocycles. The second-order valence-corrected chi connectivity index (χ2v) is 8.32. The van der Waals surface area contributed by atoms with E-state index in [0.717, 1.165) is 24.0 Å². The number of benzene rings is 2. The minimum Gasteiger partial charge on any atom is -0.481 e. The Kier molecular flexibility index (Phi) is 5.31. The SMILES string of the molecule is CCC1CCC(CC(=O)O)(NC(=O)OCC2c3ccccc3-c3ccccc32)C1. The fourth-order valence-electron chi connectivity index (χ4n) is 5.04. The molecule has 0 bridgehead atoms. The zero-order valence-electron chi connectivity index (χ0n) is 16.7. The van der Waals surface area contributed by atoms with Crippen LogP contribution in [0, 0.1) is 5.92 Å². The zero-order valence-corrected chi connectivity index (χ0v) is 16.7. The van der Waals surface area contributed by atoms with Gasteiger partial charge in [-0.1, -0.05) is 61.9 Å². The lowest BCUT2D eigenvalue weighted by molar-refractivity contribution is -0.138. The number of rotatable bonds is 6. The number of ether oxygens (including phenoxy) is 1. The van der Waals surface area contributed by atoms with Gasteiger partial charge in [0.25, 0.3) is 0 Å². The number of hydrogen-bond acceptors (Lipinski definition) is 3. The molecule has 29 heavy (non-hydrogen) atoms. The topological polar surface area (TPSA) is 75.6 Å². The normalized spacial score (nSPS) is 22.7. The number of hydrogen-bond donors (Lipinski definition) is 2. The van der Waals surface area contributed by atoms with E-state index in [-0.39, 0.29) is 18.9 Å². The molecule has 2 N–H and O–H groups in total. The molecule has 2 aliphatic carbocycles. The number of aliphatic carboxylic acids is 1. The highest BCUT2D eigenvalue weighted by molar-refractivity contribution is 5.79. The predicted molar refractivity (Wildman–Crippen MR) is 111 cm³/mol. The Bertz CT molecular complexity index is 879. The maximum atomic E-state index is 12.6. The van der Waals surface area contributed by atoms with Crippen LogP contribution < -0.4 is 5.32 Å². The average molecular weight is 393 g/mol. The van der Waals surface area contributed by atoms with Crippen molar-refractivity contribution in [1.29, 1.82) is 0 Å². The van der Waals surface area contributed by atoms with Crippen molar-refractivity contribution in [3.8, 4) is 11.1 Å². The first kappa shape index (κ1) is 19.5. The van der Waals surface area contributed by atoms with E-state index in [1.54, 1.807) is 0 Å². The summed E-state index contributed by atoms with van der Waals surface area (Å²) in [5.41, 5.74) is 3.99. The first-order valence-electron chi connectivity index (χ1n) is 10.4. The molecule has 2 aromatic rings. The molecule has 5 heteroatoms. The summed E-state index contributed by atoms with van der Waals surface area (Å²) in [5.74, 6) is -0.445. The summed E-state index contributed by atoms with van der Waals surface area (Å²) in [6.07, 6.45) is 2.72. The number of carboxylic acids is 1. The maximum absolute atomic E-state index is 12.6. The molecule has 4 rings (SSSR count). The second kappa shape index (κ2) is 7.90. The maximum Gasteiger partial charge on any atom is 0.407 e. The third-order valence-corrected chi connectivity index (χ3v) is 6.49. The van der Waals surface area contributed by atoms with Crippen LogP contribution >= 0.6 is 0 Å². The number of nitrogens with one attached hydrogen (secondary N) is 1. The fourth-order valence-corrected chi connectivity index (χ4v) is 5.04. The minimum atomic E-state index is -0.888. The first-order valence-corrected chi connectivity index (χ1v) is 10.4. The summed E-state index contributed by atoms with van der Waals surface area (Å²) >= 11 is 0. The molecule has 152 valence electrons. The van der Waals surface area contributed by atoms with Gasteiger partial charge in [0.1, 0.15) is 6.61 Å². The minimum absolute atomic E-state index is 0.00413. The molecule has 2 aromatic carbocycles. The molecule has 2 aliphatic rings. The molecular formula is C24H27NO4. The van der Waals surface area contributed by atoms with E-state index < -0.39 is 17.6 Å². The number of carbonyl (C=O) groups excluding carboxylic acids is 1. The summed E-state index contributed by atoms with van der Waals surface area (Å²) < 4.78 is 5.63. The lowest BCUT2D eigenvalue weighted by Gasteiger charge is -2.29. The van der Waals surface area contributed by atoms with Crippen LogP contribution in [0.15, 0.2) is 48.5 Å². The van der Waals surface area contributed by atoms with Crippen molar-refractivity contribution in [2.75, 3.05) is 6.61 Å². The second-order valence-electron chi connectivity index (χ2n) is 8.32. The molecule has 2 unspecified atom stereocenters. The van der Waals surface area contributed by atoms with Gasteiger partial charge < -0.3 is 15.2 Å². The molecule has 0 spiro atoms. The molecule has 0 saturated heterocycles. The predicted octanol–water partition coefficient (Wildman–Crippen LogP) is 4.95. The quantitative estimate of drug-likeness (QED) is 0.728. The van der Waals surface area contributed by atoms with Gasteiger partial charge >= 0.3 is 12.1 Å².